The molecule has 0 saturated heterocycles. The summed E-state index contributed by atoms with van der Waals surface area (Å²) < 4.78 is 0. The number of primary amides is 1. The van der Waals surface area contributed by atoms with E-state index in [0.29, 0.717) is 12.1 Å². The smallest absolute Gasteiger partial charge is 0.316 e. The first-order valence-corrected chi connectivity index (χ1v) is 6.10. The number of hydrogen-bond donors (Lipinski definition) is 4. The van der Waals surface area contributed by atoms with Crippen molar-refractivity contribution in [3.8, 4) is 0 Å². The molecule has 0 fully saturated rings. The largest absolute Gasteiger partial charge is 0.351 e. The third-order valence-electron chi connectivity index (χ3n) is 2.56. The van der Waals surface area contributed by atoms with Crippen molar-refractivity contribution in [1.29, 1.82) is 0 Å². The summed E-state index contributed by atoms with van der Waals surface area (Å²) in [7, 11) is 0. The van der Waals surface area contributed by atoms with E-state index in [1.807, 2.05) is 19.1 Å². The van der Waals surface area contributed by atoms with Crippen LogP contribution in [-0.4, -0.2) is 18.0 Å². The van der Waals surface area contributed by atoms with Crippen LogP contribution in [0.4, 0.5) is 10.5 Å². The van der Waals surface area contributed by atoms with E-state index in [0.717, 1.165) is 5.56 Å². The molecule has 0 aromatic heterocycles. The average molecular weight is 301 g/mol. The number of hydrogen-bond acceptors (Lipinski definition) is 3. The van der Waals surface area contributed by atoms with Crippen molar-refractivity contribution in [2.24, 2.45) is 11.5 Å². The molecule has 1 aromatic rings. The Morgan fingerprint density at radius 1 is 1.20 bits per heavy atom. The number of nitrogens with one attached hydrogen (secondary N) is 2. The summed E-state index contributed by atoms with van der Waals surface area (Å²) in [5, 5.41) is 5.33. The Kier molecular flexibility index (Phi) is 7.64. The zero-order valence-electron chi connectivity index (χ0n) is 11.6. The van der Waals surface area contributed by atoms with Gasteiger partial charge in [-0.3, -0.25) is 4.79 Å². The second-order valence-electron chi connectivity index (χ2n) is 4.58. The molecule has 0 spiro atoms. The van der Waals surface area contributed by atoms with Gasteiger partial charge in [-0.1, -0.05) is 12.1 Å². The Bertz CT molecular complexity index is 448. The molecule has 3 amide bonds. The van der Waals surface area contributed by atoms with Gasteiger partial charge >= 0.3 is 6.03 Å². The Labute approximate surface area is 124 Å². The molecule has 0 aliphatic carbocycles. The fourth-order valence-corrected chi connectivity index (χ4v) is 1.67. The minimum absolute atomic E-state index is 0. The molecule has 112 valence electrons. The van der Waals surface area contributed by atoms with Gasteiger partial charge < -0.3 is 22.1 Å². The second-order valence-corrected chi connectivity index (χ2v) is 4.58. The predicted octanol–water partition coefficient (Wildman–Crippen LogP) is 1.51. The van der Waals surface area contributed by atoms with E-state index >= 15 is 0 Å². The van der Waals surface area contributed by atoms with Gasteiger partial charge in [-0.25, -0.2) is 4.79 Å². The highest BCUT2D eigenvalue weighted by molar-refractivity contribution is 5.87. The fourth-order valence-electron chi connectivity index (χ4n) is 1.67. The van der Waals surface area contributed by atoms with Gasteiger partial charge in [-0.05, 0) is 31.5 Å². The van der Waals surface area contributed by atoms with Crippen molar-refractivity contribution in [2.45, 2.75) is 32.4 Å². The maximum atomic E-state index is 11.6. The molecule has 6 N–H and O–H groups in total. The molecular formula is C13H21ClN4O2. The van der Waals surface area contributed by atoms with Crippen LogP contribution in [0, 0.1) is 0 Å². The van der Waals surface area contributed by atoms with E-state index in [2.05, 4.69) is 10.6 Å². The molecule has 0 aliphatic heterocycles. The maximum absolute atomic E-state index is 11.6. The van der Waals surface area contributed by atoms with E-state index in [1.165, 1.54) is 0 Å². The van der Waals surface area contributed by atoms with Gasteiger partial charge in [-0.2, -0.15) is 0 Å². The fraction of sp³-hybridized carbons (Fsp3) is 0.385. The molecule has 6 nitrogen and oxygen atoms in total. The third-order valence-corrected chi connectivity index (χ3v) is 2.56. The van der Waals surface area contributed by atoms with Crippen LogP contribution in [0.2, 0.25) is 0 Å². The molecule has 7 heteroatoms. The highest BCUT2D eigenvalue weighted by Gasteiger charge is 2.11. The minimum atomic E-state index is -0.606. The lowest BCUT2D eigenvalue weighted by Gasteiger charge is -2.15. The number of anilines is 1. The van der Waals surface area contributed by atoms with E-state index in [-0.39, 0.29) is 30.4 Å². The second kappa shape index (κ2) is 8.39. The van der Waals surface area contributed by atoms with E-state index < -0.39 is 6.03 Å². The molecular weight excluding hydrogens is 280 g/mol. The first-order chi connectivity index (χ1) is 8.88. The van der Waals surface area contributed by atoms with Crippen molar-refractivity contribution >= 4 is 30.0 Å². The Balaban J connectivity index is 0.00000361. The number of rotatable bonds is 5. The summed E-state index contributed by atoms with van der Waals surface area (Å²) in [5.74, 6) is -0.0816. The summed E-state index contributed by atoms with van der Waals surface area (Å²) in [4.78, 5) is 22.3. The summed E-state index contributed by atoms with van der Waals surface area (Å²) in [6.45, 7) is 3.67. The number of benzene rings is 1. The zero-order chi connectivity index (χ0) is 14.4. The van der Waals surface area contributed by atoms with Crippen LogP contribution in [-0.2, 0) is 4.79 Å². The van der Waals surface area contributed by atoms with Crippen LogP contribution >= 0.6 is 12.4 Å². The lowest BCUT2D eigenvalue weighted by atomic mass is 10.1. The molecule has 0 radical (unpaired) electrons. The van der Waals surface area contributed by atoms with Gasteiger partial charge in [0.1, 0.15) is 0 Å². The van der Waals surface area contributed by atoms with Crippen molar-refractivity contribution in [1.82, 2.24) is 5.32 Å². The summed E-state index contributed by atoms with van der Waals surface area (Å²) in [6, 6.07) is 6.22. The van der Waals surface area contributed by atoms with Gasteiger partial charge in [0.2, 0.25) is 5.91 Å². The number of carbonyl (C=O) groups excluding carboxylic acids is 2. The molecule has 1 rings (SSSR count). The normalized spacial score (nSPS) is 12.8. The van der Waals surface area contributed by atoms with Crippen molar-refractivity contribution in [2.75, 3.05) is 5.32 Å². The first-order valence-electron chi connectivity index (χ1n) is 6.10. The predicted molar refractivity (Wildman–Crippen MR) is 81.7 cm³/mol. The SMILES string of the molecule is CC(N)CC(=O)NC(C)c1ccc(NC(N)=O)cc1.Cl. The van der Waals surface area contributed by atoms with Gasteiger partial charge in [-0.15, -0.1) is 12.4 Å². The summed E-state index contributed by atoms with van der Waals surface area (Å²) in [6.07, 6.45) is 0.297. The molecule has 0 saturated carbocycles. The van der Waals surface area contributed by atoms with Gasteiger partial charge in [0.15, 0.2) is 0 Å². The Hall–Kier alpha value is -1.79. The molecule has 0 aliphatic rings. The number of halogens is 1. The Morgan fingerprint density at radius 3 is 2.20 bits per heavy atom. The molecule has 2 unspecified atom stereocenters. The first kappa shape index (κ1) is 18.2. The van der Waals surface area contributed by atoms with Gasteiger partial charge in [0, 0.05) is 18.2 Å². The van der Waals surface area contributed by atoms with Crippen LogP contribution in [0.15, 0.2) is 24.3 Å². The Morgan fingerprint density at radius 2 is 1.75 bits per heavy atom. The minimum Gasteiger partial charge on any atom is -0.351 e. The number of amides is 3. The van der Waals surface area contributed by atoms with Crippen molar-refractivity contribution < 1.29 is 9.59 Å². The van der Waals surface area contributed by atoms with Gasteiger partial charge in [0.05, 0.1) is 6.04 Å². The zero-order valence-corrected chi connectivity index (χ0v) is 12.4. The third kappa shape index (κ3) is 6.40. The van der Waals surface area contributed by atoms with Crippen LogP contribution in [0.3, 0.4) is 0 Å². The van der Waals surface area contributed by atoms with Crippen LogP contribution in [0.25, 0.3) is 0 Å². The average Bonchev–Trinajstić information content (AvgIpc) is 2.27. The molecule has 0 bridgehead atoms. The highest BCUT2D eigenvalue weighted by Crippen LogP contribution is 2.16. The van der Waals surface area contributed by atoms with Gasteiger partial charge in [0.25, 0.3) is 0 Å². The molecule has 1 aromatic carbocycles. The summed E-state index contributed by atoms with van der Waals surface area (Å²) in [5.41, 5.74) is 12.1. The molecule has 2 atom stereocenters. The molecule has 20 heavy (non-hydrogen) atoms. The number of urea groups is 1. The number of nitrogens with two attached hydrogens (primary N) is 2. The lowest BCUT2D eigenvalue weighted by molar-refractivity contribution is -0.122. The van der Waals surface area contributed by atoms with Crippen LogP contribution < -0.4 is 22.1 Å². The number of carbonyl (C=O) groups is 2. The lowest BCUT2D eigenvalue weighted by Crippen LogP contribution is -2.31. The molecule has 0 heterocycles. The monoisotopic (exact) mass is 300 g/mol. The van der Waals surface area contributed by atoms with Crippen LogP contribution in [0.5, 0.6) is 0 Å². The van der Waals surface area contributed by atoms with E-state index in [4.69, 9.17) is 11.5 Å². The van der Waals surface area contributed by atoms with Crippen molar-refractivity contribution in [3.05, 3.63) is 29.8 Å². The topological polar surface area (TPSA) is 110 Å². The van der Waals surface area contributed by atoms with Crippen LogP contribution in [0.1, 0.15) is 31.9 Å². The van der Waals surface area contributed by atoms with E-state index in [9.17, 15) is 9.59 Å². The maximum Gasteiger partial charge on any atom is 0.316 e. The quantitative estimate of drug-likeness (QED) is 0.661. The highest BCUT2D eigenvalue weighted by atomic mass is 35.5. The van der Waals surface area contributed by atoms with Crippen molar-refractivity contribution in [3.63, 3.8) is 0 Å². The van der Waals surface area contributed by atoms with E-state index in [1.54, 1.807) is 19.1 Å². The standard InChI is InChI=1S/C13H20N4O2.ClH/c1-8(14)7-12(18)16-9(2)10-3-5-11(6-4-10)17-13(15)19;/h3-6,8-9H,7,14H2,1-2H3,(H,16,18)(H3,15,17,19);1H. The summed E-state index contributed by atoms with van der Waals surface area (Å²) >= 11 is 0.